The van der Waals surface area contributed by atoms with Crippen molar-refractivity contribution >= 4 is 56.9 Å². The second-order valence-electron chi connectivity index (χ2n) is 8.24. The molecule has 0 aliphatic heterocycles. The zero-order valence-electron chi connectivity index (χ0n) is 21.9. The van der Waals surface area contributed by atoms with Gasteiger partial charge < -0.3 is 30.4 Å². The molecule has 0 saturated heterocycles. The van der Waals surface area contributed by atoms with Crippen molar-refractivity contribution in [2.45, 2.75) is 13.8 Å². The second kappa shape index (κ2) is 15.5. The summed E-state index contributed by atoms with van der Waals surface area (Å²) in [5, 5.41) is 28.1. The summed E-state index contributed by atoms with van der Waals surface area (Å²) in [6.07, 6.45) is 3.60. The molecular formula is C30H24CuN4O6. The second-order valence-corrected chi connectivity index (χ2v) is 8.24. The smallest absolute Gasteiger partial charge is 0.545 e. The largest absolute Gasteiger partial charge is 2.00 e. The van der Waals surface area contributed by atoms with Gasteiger partial charge in [0.05, 0.1) is 23.0 Å². The van der Waals surface area contributed by atoms with E-state index in [-0.39, 0.29) is 51.4 Å². The molecule has 0 fully saturated rings. The molecule has 11 heteroatoms. The monoisotopic (exact) mass is 599 g/mol. The Morgan fingerprint density at radius 2 is 0.927 bits per heavy atom. The number of fused-ring (bicyclic) bond motifs is 3. The number of amides is 2. The van der Waals surface area contributed by atoms with Crippen LogP contribution in [-0.2, 0) is 26.7 Å². The number of aromatic nitrogens is 2. The minimum absolute atomic E-state index is 0. The third kappa shape index (κ3) is 9.24. The molecule has 5 aromatic rings. The number of para-hydroxylation sites is 2. The molecule has 0 bridgehead atoms. The van der Waals surface area contributed by atoms with E-state index in [0.717, 1.165) is 21.8 Å². The van der Waals surface area contributed by atoms with Gasteiger partial charge in [-0.15, -0.1) is 0 Å². The number of anilines is 2. The van der Waals surface area contributed by atoms with Gasteiger partial charge in [-0.1, -0.05) is 60.7 Å². The fourth-order valence-electron chi connectivity index (χ4n) is 3.60. The number of nitrogens with zero attached hydrogens (tertiary/aromatic N) is 2. The molecule has 0 spiro atoms. The Hall–Kier alpha value is -5.12. The normalized spacial score (nSPS) is 9.61. The molecule has 0 saturated carbocycles. The molecule has 0 aliphatic carbocycles. The first-order valence-electron chi connectivity index (χ1n) is 11.9. The molecule has 2 N–H and O–H groups in total. The maximum absolute atomic E-state index is 10.7. The minimum Gasteiger partial charge on any atom is -0.545 e. The fraction of sp³-hybridized carbons (Fsp3) is 0.0667. The van der Waals surface area contributed by atoms with Crippen LogP contribution in [0.5, 0.6) is 0 Å². The topological polar surface area (TPSA) is 164 Å². The molecule has 1 radical (unpaired) electrons. The number of carboxylic acid groups (broad SMARTS) is 2. The first-order valence-corrected chi connectivity index (χ1v) is 11.9. The van der Waals surface area contributed by atoms with E-state index in [9.17, 15) is 29.4 Å². The quantitative estimate of drug-likeness (QED) is 0.235. The SMILES string of the molecule is CC(=O)Nc1ccccc1C(=O)[O-].CC(=O)Nc1ccccc1C(=O)[O-].[Cu+2].c1cnc2c(c1)ccc1cccnc12. The van der Waals surface area contributed by atoms with Gasteiger partial charge in [-0.2, -0.15) is 0 Å². The molecule has 5 rings (SSSR count). The van der Waals surface area contributed by atoms with Crippen LogP contribution in [0, 0.1) is 0 Å². The van der Waals surface area contributed by atoms with Gasteiger partial charge in [0.15, 0.2) is 0 Å². The predicted octanol–water partition coefficient (Wildman–Crippen LogP) is 2.80. The summed E-state index contributed by atoms with van der Waals surface area (Å²) in [5.41, 5.74) is 2.44. The van der Waals surface area contributed by atoms with E-state index < -0.39 is 11.9 Å². The van der Waals surface area contributed by atoms with Crippen molar-refractivity contribution in [2.75, 3.05) is 10.6 Å². The van der Waals surface area contributed by atoms with Crippen LogP contribution < -0.4 is 20.8 Å². The number of hydrogen-bond acceptors (Lipinski definition) is 8. The zero-order valence-corrected chi connectivity index (χ0v) is 22.8. The van der Waals surface area contributed by atoms with E-state index in [4.69, 9.17) is 0 Å². The van der Waals surface area contributed by atoms with Crippen LogP contribution in [-0.4, -0.2) is 33.7 Å². The van der Waals surface area contributed by atoms with E-state index in [1.807, 2.05) is 12.1 Å². The van der Waals surface area contributed by atoms with Gasteiger partial charge in [-0.25, -0.2) is 0 Å². The van der Waals surface area contributed by atoms with Crippen molar-refractivity contribution in [3.63, 3.8) is 0 Å². The molecule has 10 nitrogen and oxygen atoms in total. The Balaban J connectivity index is 0.000000213. The molecular weight excluding hydrogens is 576 g/mol. The maximum atomic E-state index is 10.7. The van der Waals surface area contributed by atoms with Gasteiger partial charge in [0.2, 0.25) is 11.8 Å². The molecule has 41 heavy (non-hydrogen) atoms. The molecule has 2 heterocycles. The first-order chi connectivity index (χ1) is 19.2. The Morgan fingerprint density at radius 3 is 1.27 bits per heavy atom. The van der Waals surface area contributed by atoms with Crippen LogP contribution in [0.25, 0.3) is 21.8 Å². The third-order valence-electron chi connectivity index (χ3n) is 5.26. The number of aromatic carboxylic acids is 2. The molecule has 211 valence electrons. The summed E-state index contributed by atoms with van der Waals surface area (Å²) in [6.45, 7) is 2.62. The Bertz CT molecular complexity index is 1570. The van der Waals surface area contributed by atoms with Crippen molar-refractivity contribution in [1.29, 1.82) is 0 Å². The number of hydrogen-bond donors (Lipinski definition) is 2. The van der Waals surface area contributed by atoms with Gasteiger partial charge in [-0.05, 0) is 24.3 Å². The molecule has 0 unspecified atom stereocenters. The molecule has 2 amide bonds. The Labute approximate surface area is 245 Å². The van der Waals surface area contributed by atoms with Gasteiger partial charge >= 0.3 is 17.1 Å². The third-order valence-corrected chi connectivity index (χ3v) is 5.26. The van der Waals surface area contributed by atoms with Crippen molar-refractivity contribution in [2.24, 2.45) is 0 Å². The average Bonchev–Trinajstić information content (AvgIpc) is 2.93. The molecule has 0 atom stereocenters. The van der Waals surface area contributed by atoms with E-state index >= 15 is 0 Å². The Morgan fingerprint density at radius 1 is 0.561 bits per heavy atom. The van der Waals surface area contributed by atoms with Crippen LogP contribution >= 0.6 is 0 Å². The summed E-state index contributed by atoms with van der Waals surface area (Å²) >= 11 is 0. The standard InChI is InChI=1S/C12H8N2.2C9H9NO3.Cu/c1-3-9-5-6-10-4-2-8-14-12(10)11(9)13-7-1;2*1-6(11)10-8-5-3-2-4-7(8)9(12)13;/h1-8H;2*2-5H,1H3,(H,10,11)(H,12,13);/q;;;+2/p-2. The molecule has 3 aromatic carbocycles. The Kier molecular flexibility index (Phi) is 12.1. The minimum atomic E-state index is -1.30. The van der Waals surface area contributed by atoms with Crippen molar-refractivity contribution in [1.82, 2.24) is 9.97 Å². The summed E-state index contributed by atoms with van der Waals surface area (Å²) in [4.78, 5) is 51.1. The maximum Gasteiger partial charge on any atom is 2.00 e. The van der Waals surface area contributed by atoms with Gasteiger partial charge in [0, 0.05) is 59.5 Å². The number of pyridine rings is 2. The number of benzene rings is 3. The van der Waals surface area contributed by atoms with E-state index in [1.165, 1.54) is 38.1 Å². The molecule has 0 aliphatic rings. The number of carboxylic acids is 2. The van der Waals surface area contributed by atoms with Crippen LogP contribution in [0.2, 0.25) is 0 Å². The number of carbonyl (C=O) groups is 4. The summed E-state index contributed by atoms with van der Waals surface area (Å²) in [7, 11) is 0. The fourth-order valence-corrected chi connectivity index (χ4v) is 3.60. The molecule has 2 aromatic heterocycles. The summed E-state index contributed by atoms with van der Waals surface area (Å²) < 4.78 is 0. The zero-order chi connectivity index (χ0) is 29.1. The van der Waals surface area contributed by atoms with E-state index in [2.05, 4.69) is 44.9 Å². The van der Waals surface area contributed by atoms with Crippen LogP contribution in [0.3, 0.4) is 0 Å². The predicted molar refractivity (Wildman–Crippen MR) is 147 cm³/mol. The van der Waals surface area contributed by atoms with Crippen LogP contribution in [0.15, 0.2) is 97.3 Å². The number of rotatable bonds is 4. The van der Waals surface area contributed by atoms with Crippen LogP contribution in [0.4, 0.5) is 11.4 Å². The van der Waals surface area contributed by atoms with E-state index in [0.29, 0.717) is 0 Å². The summed E-state index contributed by atoms with van der Waals surface area (Å²) in [6, 6.07) is 24.3. The number of carbonyl (C=O) groups excluding carboxylic acids is 4. The first kappa shape index (κ1) is 32.1. The van der Waals surface area contributed by atoms with Gasteiger partial charge in [0.1, 0.15) is 0 Å². The van der Waals surface area contributed by atoms with Gasteiger partial charge in [-0.3, -0.25) is 19.6 Å². The van der Waals surface area contributed by atoms with Crippen molar-refractivity contribution in [3.8, 4) is 0 Å². The number of nitrogens with one attached hydrogen (secondary N) is 2. The van der Waals surface area contributed by atoms with Crippen molar-refractivity contribution < 1.29 is 46.5 Å². The average molecular weight is 600 g/mol. The van der Waals surface area contributed by atoms with Crippen molar-refractivity contribution in [3.05, 3.63) is 108 Å². The summed E-state index contributed by atoms with van der Waals surface area (Å²) in [5.74, 6) is -3.23. The van der Waals surface area contributed by atoms with Crippen LogP contribution in [0.1, 0.15) is 34.6 Å². The van der Waals surface area contributed by atoms with E-state index in [1.54, 1.807) is 36.7 Å². The van der Waals surface area contributed by atoms with Gasteiger partial charge in [0.25, 0.3) is 0 Å².